The minimum Gasteiger partial charge on any atom is -0.456 e. The molecule has 5 heteroatoms. The number of furan rings is 1. The van der Waals surface area contributed by atoms with Gasteiger partial charge in [0, 0.05) is 81.1 Å². The van der Waals surface area contributed by atoms with E-state index in [2.05, 4.69) is 228 Å². The zero-order chi connectivity index (χ0) is 43.9. The third-order valence-corrected chi connectivity index (χ3v) is 14.4. The number of thiophene rings is 1. The van der Waals surface area contributed by atoms with Crippen molar-refractivity contribution in [3.63, 3.8) is 0 Å². The molecule has 0 atom stereocenters. The van der Waals surface area contributed by atoms with Gasteiger partial charge >= 0.3 is 0 Å². The molecule has 0 amide bonds. The number of hydrogen-bond acceptors (Lipinski definition) is 3. The number of para-hydroxylation sites is 2. The lowest BCUT2D eigenvalue weighted by atomic mass is 10.0. The Hall–Kier alpha value is -8.38. The summed E-state index contributed by atoms with van der Waals surface area (Å²) < 4.78 is 13.6. The van der Waals surface area contributed by atoms with Gasteiger partial charge in [0.2, 0.25) is 0 Å². The standard InChI is InChI=1S/C61H41N3OS/c1-3-14-54-46(4-2)50-35-42(27-31-56(50)63(54)44-29-33-59-52(37-44)48-18-9-12-21-58(48)65-59)62(41-25-23-40(24-26-41)39-15-6-5-7-16-39)43-28-32-57-51(36-43)47-17-8-11-20-55(47)64(57)45-30-34-61-53(38-45)49-19-10-13-22-60(49)66-61/h3-38H,2H2,1H3/b14-3-. The van der Waals surface area contributed by atoms with Crippen LogP contribution in [0.1, 0.15) is 18.2 Å². The summed E-state index contributed by atoms with van der Waals surface area (Å²) in [7, 11) is 0. The van der Waals surface area contributed by atoms with Gasteiger partial charge in [-0.2, -0.15) is 0 Å². The molecule has 0 aliphatic heterocycles. The van der Waals surface area contributed by atoms with Gasteiger partial charge in [-0.1, -0.05) is 116 Å². The van der Waals surface area contributed by atoms with E-state index in [-0.39, 0.29) is 0 Å². The highest BCUT2D eigenvalue weighted by Gasteiger charge is 2.22. The molecule has 0 spiro atoms. The van der Waals surface area contributed by atoms with Crippen molar-refractivity contribution in [2.45, 2.75) is 6.92 Å². The summed E-state index contributed by atoms with van der Waals surface area (Å²) in [4.78, 5) is 2.40. The minimum absolute atomic E-state index is 0.876. The monoisotopic (exact) mass is 863 g/mol. The topological polar surface area (TPSA) is 26.2 Å². The van der Waals surface area contributed by atoms with Crippen LogP contribution in [-0.4, -0.2) is 9.13 Å². The Morgan fingerprint density at radius 3 is 1.85 bits per heavy atom. The molecule has 4 heterocycles. The van der Waals surface area contributed by atoms with E-state index in [1.54, 1.807) is 0 Å². The summed E-state index contributed by atoms with van der Waals surface area (Å²) in [6.07, 6.45) is 6.30. The lowest BCUT2D eigenvalue weighted by molar-refractivity contribution is 0.669. The number of rotatable bonds is 8. The summed E-state index contributed by atoms with van der Waals surface area (Å²) in [5.41, 5.74) is 15.1. The zero-order valence-electron chi connectivity index (χ0n) is 36.1. The van der Waals surface area contributed by atoms with Crippen molar-refractivity contribution in [2.24, 2.45) is 0 Å². The molecule has 0 N–H and O–H groups in total. The third-order valence-electron chi connectivity index (χ3n) is 13.2. The first-order valence-corrected chi connectivity index (χ1v) is 23.2. The Morgan fingerprint density at radius 2 is 1.05 bits per heavy atom. The van der Waals surface area contributed by atoms with Gasteiger partial charge < -0.3 is 18.5 Å². The average molecular weight is 864 g/mol. The van der Waals surface area contributed by atoms with Crippen molar-refractivity contribution in [3.8, 4) is 22.5 Å². The van der Waals surface area contributed by atoms with Crippen LogP contribution in [0.3, 0.4) is 0 Å². The zero-order valence-corrected chi connectivity index (χ0v) is 37.0. The van der Waals surface area contributed by atoms with Crippen molar-refractivity contribution in [1.82, 2.24) is 9.13 Å². The summed E-state index contributed by atoms with van der Waals surface area (Å²) >= 11 is 1.85. The molecule has 0 aliphatic rings. The molecule has 0 aliphatic carbocycles. The average Bonchev–Trinajstić information content (AvgIpc) is 4.11. The number of fused-ring (bicyclic) bond motifs is 10. The van der Waals surface area contributed by atoms with Crippen molar-refractivity contribution >= 4 is 115 Å². The van der Waals surface area contributed by atoms with Crippen LogP contribution in [0.4, 0.5) is 17.1 Å². The Labute approximate surface area is 385 Å². The van der Waals surface area contributed by atoms with Gasteiger partial charge in [-0.15, -0.1) is 11.3 Å². The van der Waals surface area contributed by atoms with Gasteiger partial charge in [-0.25, -0.2) is 0 Å². The second kappa shape index (κ2) is 15.1. The van der Waals surface area contributed by atoms with E-state index < -0.39 is 0 Å². The van der Waals surface area contributed by atoms with Gasteiger partial charge in [-0.05, 0) is 127 Å². The van der Waals surface area contributed by atoms with E-state index in [4.69, 9.17) is 4.42 Å². The fourth-order valence-electron chi connectivity index (χ4n) is 10.2. The van der Waals surface area contributed by atoms with Crippen LogP contribution in [-0.2, 0) is 0 Å². The molecular weight excluding hydrogens is 823 g/mol. The first-order valence-electron chi connectivity index (χ1n) is 22.4. The minimum atomic E-state index is 0.876. The van der Waals surface area contributed by atoms with Crippen LogP contribution in [0.15, 0.2) is 217 Å². The molecular formula is C61H41N3OS. The van der Waals surface area contributed by atoms with Crippen LogP contribution in [0.5, 0.6) is 0 Å². The molecule has 13 rings (SSSR count). The Morgan fingerprint density at radius 1 is 0.455 bits per heavy atom. The summed E-state index contributed by atoms with van der Waals surface area (Å²) in [5, 5.41) is 8.31. The highest BCUT2D eigenvalue weighted by molar-refractivity contribution is 7.25. The van der Waals surface area contributed by atoms with Crippen LogP contribution in [0, 0.1) is 0 Å². The highest BCUT2D eigenvalue weighted by Crippen LogP contribution is 2.44. The SMILES string of the molecule is C=Cc1c(/C=C\C)n(-c2ccc3oc4ccccc4c3c2)c2ccc(N(c3ccc(-c4ccccc4)cc3)c3ccc4c(c3)c3ccccc3n4-c3ccc4sc5ccccc5c4c3)cc12. The summed E-state index contributed by atoms with van der Waals surface area (Å²) in [6.45, 7) is 6.46. The van der Waals surface area contributed by atoms with Gasteiger partial charge in [0.05, 0.1) is 22.2 Å². The van der Waals surface area contributed by atoms with E-state index >= 15 is 0 Å². The quantitative estimate of drug-likeness (QED) is 0.152. The van der Waals surface area contributed by atoms with Gasteiger partial charge in [0.1, 0.15) is 11.2 Å². The fraction of sp³-hybridized carbons (Fsp3) is 0.0164. The van der Waals surface area contributed by atoms with Gasteiger partial charge in [0.15, 0.2) is 0 Å². The second-order valence-corrected chi connectivity index (χ2v) is 18.0. The van der Waals surface area contributed by atoms with Crippen molar-refractivity contribution < 1.29 is 4.42 Å². The fourth-order valence-corrected chi connectivity index (χ4v) is 11.3. The van der Waals surface area contributed by atoms with Crippen LogP contribution in [0.25, 0.3) is 109 Å². The largest absolute Gasteiger partial charge is 0.456 e. The molecule has 0 fully saturated rings. The van der Waals surface area contributed by atoms with E-state index in [9.17, 15) is 0 Å². The Balaban J connectivity index is 1.01. The molecule has 312 valence electrons. The van der Waals surface area contributed by atoms with E-state index in [1.807, 2.05) is 29.5 Å². The number of anilines is 3. The van der Waals surface area contributed by atoms with Crippen molar-refractivity contribution in [1.29, 1.82) is 0 Å². The number of allylic oxidation sites excluding steroid dienone is 1. The molecule has 0 radical (unpaired) electrons. The maximum Gasteiger partial charge on any atom is 0.135 e. The van der Waals surface area contributed by atoms with E-state index in [0.29, 0.717) is 0 Å². The van der Waals surface area contributed by atoms with Gasteiger partial charge in [0.25, 0.3) is 0 Å². The molecule has 0 saturated carbocycles. The molecule has 13 aromatic rings. The predicted octanol–water partition coefficient (Wildman–Crippen LogP) is 17.8. The molecule has 4 aromatic heterocycles. The third kappa shape index (κ3) is 5.91. The molecule has 0 bridgehead atoms. The predicted molar refractivity (Wildman–Crippen MR) is 283 cm³/mol. The number of nitrogens with zero attached hydrogens (tertiary/aromatic N) is 3. The Kier molecular flexibility index (Phi) is 8.73. The van der Waals surface area contributed by atoms with Crippen LogP contribution >= 0.6 is 11.3 Å². The van der Waals surface area contributed by atoms with E-state index in [1.165, 1.54) is 47.6 Å². The number of hydrogen-bond donors (Lipinski definition) is 0. The summed E-state index contributed by atoms with van der Waals surface area (Å²) in [6, 6.07) is 72.6. The Bertz CT molecular complexity index is 4090. The number of benzene rings is 9. The lowest BCUT2D eigenvalue weighted by Crippen LogP contribution is -2.10. The second-order valence-electron chi connectivity index (χ2n) is 16.9. The summed E-state index contributed by atoms with van der Waals surface area (Å²) in [5.74, 6) is 0. The van der Waals surface area contributed by atoms with Crippen LogP contribution in [0.2, 0.25) is 0 Å². The molecule has 0 saturated heterocycles. The van der Waals surface area contributed by atoms with Crippen molar-refractivity contribution in [3.05, 3.63) is 224 Å². The van der Waals surface area contributed by atoms with Crippen LogP contribution < -0.4 is 4.90 Å². The first kappa shape index (κ1) is 38.1. The normalized spacial score (nSPS) is 12.0. The molecule has 0 unspecified atom stereocenters. The smallest absolute Gasteiger partial charge is 0.135 e. The maximum atomic E-state index is 6.25. The lowest BCUT2D eigenvalue weighted by Gasteiger charge is -2.26. The highest BCUT2D eigenvalue weighted by atomic mass is 32.1. The molecule has 9 aromatic carbocycles. The molecule has 4 nitrogen and oxygen atoms in total. The number of aromatic nitrogens is 2. The van der Waals surface area contributed by atoms with Gasteiger partial charge in [-0.3, -0.25) is 0 Å². The maximum absolute atomic E-state index is 6.25. The van der Waals surface area contributed by atoms with E-state index in [0.717, 1.165) is 78.1 Å². The molecule has 66 heavy (non-hydrogen) atoms. The van der Waals surface area contributed by atoms with Crippen molar-refractivity contribution in [2.75, 3.05) is 4.90 Å². The first-order chi connectivity index (χ1) is 32.6.